The summed E-state index contributed by atoms with van der Waals surface area (Å²) in [5, 5.41) is 10.1. The summed E-state index contributed by atoms with van der Waals surface area (Å²) >= 11 is 0. The highest BCUT2D eigenvalue weighted by Gasteiger charge is 2.41. The Labute approximate surface area is 160 Å². The van der Waals surface area contributed by atoms with Crippen molar-refractivity contribution in [3.63, 3.8) is 0 Å². The number of anilines is 1. The fraction of sp³-hybridized carbons (Fsp3) is 0.526. The second kappa shape index (κ2) is 8.64. The van der Waals surface area contributed by atoms with Crippen molar-refractivity contribution in [3.05, 3.63) is 30.1 Å². The first-order valence-electron chi connectivity index (χ1n) is 9.06. The Morgan fingerprint density at radius 1 is 1.27 bits per heavy atom. The summed E-state index contributed by atoms with van der Waals surface area (Å²) in [5.41, 5.74) is 7.06. The van der Waals surface area contributed by atoms with Crippen molar-refractivity contribution >= 4 is 24.0 Å². The first-order chi connectivity index (χ1) is 12.0. The Balaban J connectivity index is 0.00000243. The van der Waals surface area contributed by atoms with Crippen molar-refractivity contribution in [2.75, 3.05) is 5.32 Å². The molecule has 26 heavy (non-hydrogen) atoms. The molecule has 3 rings (SSSR count). The summed E-state index contributed by atoms with van der Waals surface area (Å²) < 4.78 is 0. The van der Waals surface area contributed by atoms with Crippen molar-refractivity contribution < 1.29 is 4.79 Å². The maximum absolute atomic E-state index is 12.9. The van der Waals surface area contributed by atoms with E-state index in [0.717, 1.165) is 43.4 Å². The molecule has 0 unspecified atom stereocenters. The summed E-state index contributed by atoms with van der Waals surface area (Å²) in [6.07, 6.45) is 5.24. The van der Waals surface area contributed by atoms with Crippen LogP contribution in [0, 0.1) is 11.3 Å². The van der Waals surface area contributed by atoms with Crippen LogP contribution in [0.15, 0.2) is 24.3 Å². The molecule has 1 aromatic carbocycles. The van der Waals surface area contributed by atoms with Crippen LogP contribution in [0.3, 0.4) is 0 Å². The van der Waals surface area contributed by atoms with Gasteiger partial charge in [-0.15, -0.1) is 12.4 Å². The van der Waals surface area contributed by atoms with Crippen LogP contribution in [0.2, 0.25) is 0 Å². The third-order valence-corrected chi connectivity index (χ3v) is 4.97. The Hall–Kier alpha value is -1.92. The van der Waals surface area contributed by atoms with Gasteiger partial charge in [0.05, 0.1) is 6.54 Å². The van der Waals surface area contributed by atoms with Gasteiger partial charge in [-0.25, -0.2) is 4.98 Å². The molecule has 0 bridgehead atoms. The summed E-state index contributed by atoms with van der Waals surface area (Å²) in [4.78, 5) is 17.2. The lowest BCUT2D eigenvalue weighted by atomic mass is 9.77. The van der Waals surface area contributed by atoms with Crippen LogP contribution in [-0.4, -0.2) is 21.1 Å². The van der Waals surface area contributed by atoms with Gasteiger partial charge in [0.1, 0.15) is 5.82 Å². The van der Waals surface area contributed by atoms with Gasteiger partial charge in [-0.05, 0) is 49.4 Å². The maximum atomic E-state index is 12.9. The molecule has 0 atom stereocenters. The number of amides is 1. The van der Waals surface area contributed by atoms with Gasteiger partial charge in [-0.1, -0.05) is 26.7 Å². The quantitative estimate of drug-likeness (QED) is 0.711. The number of aromatic nitrogens is 3. The van der Waals surface area contributed by atoms with Crippen molar-refractivity contribution in [2.24, 2.45) is 17.1 Å². The lowest BCUT2D eigenvalue weighted by molar-refractivity contribution is -0.126. The number of nitrogens with zero attached hydrogens (tertiary/aromatic N) is 2. The van der Waals surface area contributed by atoms with Crippen LogP contribution < -0.4 is 11.1 Å². The topological polar surface area (TPSA) is 96.7 Å². The van der Waals surface area contributed by atoms with Crippen LogP contribution in [0.25, 0.3) is 11.4 Å². The van der Waals surface area contributed by atoms with Crippen molar-refractivity contribution in [2.45, 2.75) is 52.5 Å². The zero-order chi connectivity index (χ0) is 17.9. The molecule has 7 heteroatoms. The number of carbonyl (C=O) groups excluding carboxylic acids is 1. The smallest absolute Gasteiger partial charge is 0.230 e. The van der Waals surface area contributed by atoms with E-state index in [4.69, 9.17) is 5.73 Å². The summed E-state index contributed by atoms with van der Waals surface area (Å²) in [6.45, 7) is 4.71. The molecular formula is C19H28ClN5O. The molecular weight excluding hydrogens is 350 g/mol. The zero-order valence-corrected chi connectivity index (χ0v) is 16.2. The molecule has 1 fully saturated rings. The van der Waals surface area contributed by atoms with Crippen LogP contribution in [0.5, 0.6) is 0 Å². The third kappa shape index (κ3) is 4.43. The molecule has 6 nitrogen and oxygen atoms in total. The van der Waals surface area contributed by atoms with Gasteiger partial charge in [0.25, 0.3) is 0 Å². The maximum Gasteiger partial charge on any atom is 0.230 e. The molecule has 1 aromatic heterocycles. The molecule has 1 aliphatic rings. The van der Waals surface area contributed by atoms with Crippen LogP contribution >= 0.6 is 12.4 Å². The number of nitrogens with one attached hydrogen (secondary N) is 2. The highest BCUT2D eigenvalue weighted by molar-refractivity contribution is 5.95. The fourth-order valence-electron chi connectivity index (χ4n) is 3.84. The van der Waals surface area contributed by atoms with E-state index < -0.39 is 0 Å². The number of hydrogen-bond donors (Lipinski definition) is 3. The second-order valence-corrected chi connectivity index (χ2v) is 7.43. The lowest BCUT2D eigenvalue weighted by Crippen LogP contribution is -2.35. The molecule has 4 N–H and O–H groups in total. The van der Waals surface area contributed by atoms with E-state index in [1.54, 1.807) is 0 Å². The van der Waals surface area contributed by atoms with Crippen molar-refractivity contribution in [3.8, 4) is 11.4 Å². The molecule has 0 aliphatic heterocycles. The molecule has 1 amide bonds. The van der Waals surface area contributed by atoms with E-state index in [1.165, 1.54) is 0 Å². The fourth-order valence-corrected chi connectivity index (χ4v) is 3.84. The lowest BCUT2D eigenvalue weighted by Gasteiger charge is -2.29. The Bertz CT molecular complexity index is 720. The number of nitrogens with two attached hydrogens (primary N) is 1. The monoisotopic (exact) mass is 377 g/mol. The van der Waals surface area contributed by atoms with Crippen LogP contribution in [0.1, 0.15) is 51.8 Å². The number of hydrogen-bond acceptors (Lipinski definition) is 4. The Morgan fingerprint density at radius 2 is 1.92 bits per heavy atom. The highest BCUT2D eigenvalue weighted by Crippen LogP contribution is 2.44. The molecule has 142 valence electrons. The molecule has 0 radical (unpaired) electrons. The predicted octanol–water partition coefficient (Wildman–Crippen LogP) is 3.90. The minimum absolute atomic E-state index is 0. The van der Waals surface area contributed by atoms with E-state index in [-0.39, 0.29) is 23.7 Å². The Morgan fingerprint density at radius 3 is 2.46 bits per heavy atom. The van der Waals surface area contributed by atoms with Crippen molar-refractivity contribution in [1.82, 2.24) is 15.2 Å². The largest absolute Gasteiger partial charge is 0.326 e. The number of rotatable bonds is 6. The van der Waals surface area contributed by atoms with E-state index in [2.05, 4.69) is 34.3 Å². The van der Waals surface area contributed by atoms with Gasteiger partial charge in [0.15, 0.2) is 5.82 Å². The molecule has 1 saturated carbocycles. The summed E-state index contributed by atoms with van der Waals surface area (Å²) in [6, 6.07) is 7.65. The molecule has 1 aliphatic carbocycles. The number of aromatic amines is 1. The molecule has 2 aromatic rings. The SMILES string of the molecule is CC(C)CC1(C(=O)Nc2ccc(-c3n[nH]c(CN)n3)cc2)CCCC1.Cl. The van der Waals surface area contributed by atoms with Gasteiger partial charge in [-0.3, -0.25) is 9.89 Å². The molecule has 0 spiro atoms. The van der Waals surface area contributed by atoms with E-state index in [9.17, 15) is 4.79 Å². The van der Waals surface area contributed by atoms with E-state index in [0.29, 0.717) is 24.1 Å². The van der Waals surface area contributed by atoms with Gasteiger partial charge < -0.3 is 11.1 Å². The average Bonchev–Trinajstić information content (AvgIpc) is 3.25. The Kier molecular flexibility index (Phi) is 6.78. The first-order valence-corrected chi connectivity index (χ1v) is 9.06. The van der Waals surface area contributed by atoms with Gasteiger partial charge in [-0.2, -0.15) is 5.10 Å². The normalized spacial score (nSPS) is 15.7. The molecule has 0 saturated heterocycles. The van der Waals surface area contributed by atoms with Gasteiger partial charge in [0.2, 0.25) is 5.91 Å². The average molecular weight is 378 g/mol. The second-order valence-electron chi connectivity index (χ2n) is 7.43. The predicted molar refractivity (Wildman–Crippen MR) is 106 cm³/mol. The minimum atomic E-state index is -0.202. The zero-order valence-electron chi connectivity index (χ0n) is 15.4. The number of halogens is 1. The summed E-state index contributed by atoms with van der Waals surface area (Å²) in [5.74, 6) is 1.96. The number of H-pyrrole nitrogens is 1. The molecule has 1 heterocycles. The standard InChI is InChI=1S/C19H27N5O.ClH/c1-13(2)11-19(9-3-4-10-19)18(25)21-15-7-5-14(6-8-15)17-22-16(12-20)23-24-17;/h5-8,13H,3-4,9-12,20H2,1-2H3,(H,21,25)(H,22,23,24);1H. The number of carbonyl (C=O) groups is 1. The van der Waals surface area contributed by atoms with Crippen molar-refractivity contribution in [1.29, 1.82) is 0 Å². The summed E-state index contributed by atoms with van der Waals surface area (Å²) in [7, 11) is 0. The van der Waals surface area contributed by atoms with E-state index in [1.807, 2.05) is 24.3 Å². The van der Waals surface area contributed by atoms with E-state index >= 15 is 0 Å². The third-order valence-electron chi connectivity index (χ3n) is 4.97. The first kappa shape index (κ1) is 20.4. The van der Waals surface area contributed by atoms with Gasteiger partial charge >= 0.3 is 0 Å². The van der Waals surface area contributed by atoms with Crippen LogP contribution in [-0.2, 0) is 11.3 Å². The minimum Gasteiger partial charge on any atom is -0.326 e. The van der Waals surface area contributed by atoms with Crippen LogP contribution in [0.4, 0.5) is 5.69 Å². The highest BCUT2D eigenvalue weighted by atomic mass is 35.5. The van der Waals surface area contributed by atoms with Gasteiger partial charge in [0, 0.05) is 16.7 Å². The number of benzene rings is 1.